The van der Waals surface area contributed by atoms with Crippen LogP contribution in [0.2, 0.25) is 0 Å². The van der Waals surface area contributed by atoms with Gasteiger partial charge in [0.05, 0.1) is 43.0 Å². The lowest BCUT2D eigenvalue weighted by molar-refractivity contribution is -0.139. The van der Waals surface area contributed by atoms with Gasteiger partial charge >= 0.3 is 11.9 Å². The molecule has 1 unspecified atom stereocenters. The third-order valence-electron chi connectivity index (χ3n) is 7.36. The van der Waals surface area contributed by atoms with Crippen molar-refractivity contribution in [2.45, 2.75) is 32.6 Å². The zero-order valence-electron chi connectivity index (χ0n) is 22.6. The van der Waals surface area contributed by atoms with Crippen molar-refractivity contribution in [1.82, 2.24) is 0 Å². The first-order valence-electron chi connectivity index (χ1n) is 12.8. The van der Waals surface area contributed by atoms with E-state index in [1.54, 1.807) is 42.5 Å². The van der Waals surface area contributed by atoms with Crippen LogP contribution in [0.3, 0.4) is 0 Å². The molecule has 0 radical (unpaired) electrons. The molecule has 9 nitrogen and oxygen atoms in total. The number of Topliss-reactive ketones (excluding diaryl/α,β-unsaturated/α-hetero) is 1. The van der Waals surface area contributed by atoms with E-state index in [1.807, 2.05) is 6.07 Å². The molecule has 2 aromatic carbocycles. The van der Waals surface area contributed by atoms with E-state index in [4.69, 9.17) is 15.2 Å². The van der Waals surface area contributed by atoms with Crippen molar-refractivity contribution in [2.24, 2.45) is 11.7 Å². The van der Waals surface area contributed by atoms with Crippen LogP contribution >= 0.6 is 0 Å². The van der Waals surface area contributed by atoms with Gasteiger partial charge in [0.1, 0.15) is 11.5 Å². The molecule has 2 N–H and O–H groups in total. The first-order chi connectivity index (χ1) is 18.7. The Morgan fingerprint density at radius 3 is 2.21 bits per heavy atom. The quantitative estimate of drug-likeness (QED) is 0.437. The number of nitrogens with two attached hydrogens (primary N) is 1. The second-order valence-corrected chi connectivity index (χ2v) is 9.76. The number of carbonyl (C=O) groups is 3. The number of piperidine rings is 1. The molecule has 4 rings (SSSR count). The minimum absolute atomic E-state index is 0.0397. The molecule has 2 heterocycles. The van der Waals surface area contributed by atoms with E-state index in [1.165, 1.54) is 26.0 Å². The molecular weight excluding hydrogens is 496 g/mol. The third-order valence-corrected chi connectivity index (χ3v) is 7.36. The van der Waals surface area contributed by atoms with Crippen molar-refractivity contribution in [3.05, 3.63) is 82.3 Å². The minimum atomic E-state index is -0.982. The van der Waals surface area contributed by atoms with Crippen LogP contribution in [-0.2, 0) is 19.1 Å². The lowest BCUT2D eigenvalue weighted by Gasteiger charge is -2.37. The van der Waals surface area contributed by atoms with Crippen LogP contribution in [-0.4, -0.2) is 45.0 Å². The average Bonchev–Trinajstić information content (AvgIpc) is 2.96. The minimum Gasteiger partial charge on any atom is -0.466 e. The fourth-order valence-corrected chi connectivity index (χ4v) is 5.23. The Balaban J connectivity index is 1.98. The largest absolute Gasteiger partial charge is 0.466 e. The van der Waals surface area contributed by atoms with E-state index in [0.29, 0.717) is 11.5 Å². The zero-order chi connectivity index (χ0) is 28.3. The molecular formula is C30H32N4O5. The molecule has 9 heteroatoms. The zero-order valence-corrected chi connectivity index (χ0v) is 22.6. The number of benzene rings is 2. The Kier molecular flexibility index (Phi) is 8.05. The van der Waals surface area contributed by atoms with Crippen LogP contribution in [0.15, 0.2) is 71.2 Å². The Morgan fingerprint density at radius 2 is 1.64 bits per heavy atom. The highest BCUT2D eigenvalue weighted by molar-refractivity contribution is 6.09. The first kappa shape index (κ1) is 27.5. The maximum atomic E-state index is 13.3. The van der Waals surface area contributed by atoms with Crippen LogP contribution in [0.5, 0.6) is 0 Å². The van der Waals surface area contributed by atoms with Crippen molar-refractivity contribution in [3.63, 3.8) is 0 Å². The maximum absolute atomic E-state index is 13.3. The molecule has 0 saturated carbocycles. The summed E-state index contributed by atoms with van der Waals surface area (Å²) >= 11 is 0. The molecule has 0 aromatic heterocycles. The summed E-state index contributed by atoms with van der Waals surface area (Å²) < 4.78 is 10.2. The monoisotopic (exact) mass is 528 g/mol. The number of carbonyl (C=O) groups excluding carboxylic acids is 3. The summed E-state index contributed by atoms with van der Waals surface area (Å²) in [6.45, 7) is 5.37. The Labute approximate surface area is 228 Å². The molecule has 0 amide bonds. The normalized spacial score (nSPS) is 18.1. The highest BCUT2D eigenvalue weighted by Gasteiger charge is 2.43. The molecule has 39 heavy (non-hydrogen) atoms. The summed E-state index contributed by atoms with van der Waals surface area (Å²) in [6, 6.07) is 16.2. The van der Waals surface area contributed by atoms with Gasteiger partial charge in [0.2, 0.25) is 0 Å². The van der Waals surface area contributed by atoms with Gasteiger partial charge in [-0.1, -0.05) is 37.3 Å². The van der Waals surface area contributed by atoms with Crippen molar-refractivity contribution < 1.29 is 23.9 Å². The number of hydrogen-bond donors (Lipinski definition) is 1. The maximum Gasteiger partial charge on any atom is 0.355 e. The van der Waals surface area contributed by atoms with Gasteiger partial charge in [0.15, 0.2) is 5.78 Å². The fourth-order valence-electron chi connectivity index (χ4n) is 5.23. The summed E-state index contributed by atoms with van der Waals surface area (Å²) in [4.78, 5) is 43.1. The molecule has 1 atom stereocenters. The molecule has 2 aromatic rings. The smallest absolute Gasteiger partial charge is 0.355 e. The number of hydrogen-bond acceptors (Lipinski definition) is 9. The molecule has 1 fully saturated rings. The molecule has 2 aliphatic heterocycles. The highest BCUT2D eigenvalue weighted by atomic mass is 16.5. The molecule has 2 aliphatic rings. The van der Waals surface area contributed by atoms with E-state index in [0.717, 1.165) is 31.6 Å². The van der Waals surface area contributed by atoms with Crippen molar-refractivity contribution in [1.29, 1.82) is 5.26 Å². The van der Waals surface area contributed by atoms with Crippen molar-refractivity contribution in [3.8, 4) is 6.07 Å². The van der Waals surface area contributed by atoms with Crippen LogP contribution in [0, 0.1) is 17.2 Å². The summed E-state index contributed by atoms with van der Waals surface area (Å²) in [7, 11) is 2.38. The third kappa shape index (κ3) is 5.10. The van der Waals surface area contributed by atoms with Gasteiger partial charge in [-0.15, -0.1) is 0 Å². The van der Waals surface area contributed by atoms with E-state index in [2.05, 4.69) is 17.9 Å². The molecule has 202 valence electrons. The molecule has 1 saturated heterocycles. The van der Waals surface area contributed by atoms with E-state index in [9.17, 15) is 19.6 Å². The SMILES string of the molecule is COC(=O)C1=C(C(=O)OC)N(c2ccc(N3CCC(C)CC3)cc2C(C)=O)C(N)=C(C#N)C1c1ccccc1. The Hall–Kier alpha value is -4.58. The van der Waals surface area contributed by atoms with Gasteiger partial charge in [0, 0.05) is 24.3 Å². The number of rotatable bonds is 6. The predicted octanol–water partition coefficient (Wildman–Crippen LogP) is 4.02. The van der Waals surface area contributed by atoms with Gasteiger partial charge in [0.25, 0.3) is 0 Å². The lowest BCUT2D eigenvalue weighted by atomic mass is 9.80. The second-order valence-electron chi connectivity index (χ2n) is 9.76. The van der Waals surface area contributed by atoms with Crippen LogP contribution < -0.4 is 15.5 Å². The topological polar surface area (TPSA) is 126 Å². The second kappa shape index (κ2) is 11.4. The van der Waals surface area contributed by atoms with Gasteiger partial charge in [-0.3, -0.25) is 9.69 Å². The number of methoxy groups -OCH3 is 2. The first-order valence-corrected chi connectivity index (χ1v) is 12.8. The van der Waals surface area contributed by atoms with Gasteiger partial charge in [-0.05, 0) is 49.4 Å². The molecule has 0 spiro atoms. The average molecular weight is 529 g/mol. The predicted molar refractivity (Wildman–Crippen MR) is 147 cm³/mol. The summed E-state index contributed by atoms with van der Waals surface area (Å²) in [5.41, 5.74) is 8.32. The molecule has 0 bridgehead atoms. The van der Waals surface area contributed by atoms with Crippen molar-refractivity contribution >= 4 is 29.1 Å². The number of nitriles is 1. The highest BCUT2D eigenvalue weighted by Crippen LogP contribution is 2.44. The Bertz CT molecular complexity index is 1400. The number of ketones is 1. The van der Waals surface area contributed by atoms with Gasteiger partial charge < -0.3 is 20.1 Å². The number of allylic oxidation sites excluding steroid dienone is 1. The summed E-state index contributed by atoms with van der Waals surface area (Å²) in [6.07, 6.45) is 2.09. The number of nitrogens with zero attached hydrogens (tertiary/aromatic N) is 3. The van der Waals surface area contributed by atoms with Gasteiger partial charge in [-0.25, -0.2) is 9.59 Å². The van der Waals surface area contributed by atoms with E-state index < -0.39 is 17.9 Å². The van der Waals surface area contributed by atoms with Gasteiger partial charge in [-0.2, -0.15) is 5.26 Å². The summed E-state index contributed by atoms with van der Waals surface area (Å²) in [5.74, 6) is -2.38. The molecule has 0 aliphatic carbocycles. The fraction of sp³-hybridized carbons (Fsp3) is 0.333. The number of esters is 2. The van der Waals surface area contributed by atoms with E-state index in [-0.39, 0.29) is 39.7 Å². The van der Waals surface area contributed by atoms with Crippen molar-refractivity contribution in [2.75, 3.05) is 37.1 Å². The number of anilines is 2. The van der Waals surface area contributed by atoms with Crippen LogP contribution in [0.25, 0.3) is 0 Å². The summed E-state index contributed by atoms with van der Waals surface area (Å²) in [5, 5.41) is 10.2. The van der Waals surface area contributed by atoms with E-state index >= 15 is 0 Å². The Morgan fingerprint density at radius 1 is 1.00 bits per heavy atom. The lowest BCUT2D eigenvalue weighted by Crippen LogP contribution is -2.41. The number of ether oxygens (including phenoxy) is 2. The van der Waals surface area contributed by atoms with Crippen LogP contribution in [0.1, 0.15) is 48.5 Å². The standard InChI is InChI=1S/C30H32N4O5/c1-18-12-14-33(15-13-18)21-10-11-24(22(16-21)19(2)35)34-27(30(37)39-4)26(29(36)38-3)25(23(17-31)28(34)32)20-8-6-5-7-9-20/h5-11,16,18,25H,12-15,32H2,1-4H3. The van der Waals surface area contributed by atoms with Crippen LogP contribution in [0.4, 0.5) is 11.4 Å².